The lowest BCUT2D eigenvalue weighted by Gasteiger charge is -2.30. The summed E-state index contributed by atoms with van der Waals surface area (Å²) in [6, 6.07) is 0.195. The summed E-state index contributed by atoms with van der Waals surface area (Å²) in [5, 5.41) is 5.86. The topological polar surface area (TPSA) is 45.7 Å². The van der Waals surface area contributed by atoms with Gasteiger partial charge >= 0.3 is 0 Å². The molecule has 0 spiro atoms. The van der Waals surface area contributed by atoms with E-state index in [1.165, 1.54) is 7.05 Å². The van der Waals surface area contributed by atoms with Gasteiger partial charge in [-0.15, -0.1) is 0 Å². The predicted molar refractivity (Wildman–Crippen MR) is 91.9 cm³/mol. The van der Waals surface area contributed by atoms with Gasteiger partial charge in [0.15, 0.2) is 29.2 Å². The van der Waals surface area contributed by atoms with Crippen molar-refractivity contribution in [3.05, 3.63) is 34.9 Å². The molecule has 2 rings (SSSR count). The van der Waals surface area contributed by atoms with Gasteiger partial charge in [0.2, 0.25) is 0 Å². The molecule has 26 heavy (non-hydrogen) atoms. The second-order valence-electron chi connectivity index (χ2n) is 6.68. The Bertz CT molecular complexity index is 620. The summed E-state index contributed by atoms with van der Waals surface area (Å²) in [5.74, 6) is -5.34. The largest absolute Gasteiger partial charge is 0.385 e. The molecule has 0 heterocycles. The Hall–Kier alpha value is -1.83. The van der Waals surface area contributed by atoms with E-state index in [-0.39, 0.29) is 11.5 Å². The summed E-state index contributed by atoms with van der Waals surface area (Å²) < 4.78 is 59.2. The van der Waals surface area contributed by atoms with Gasteiger partial charge in [0.25, 0.3) is 0 Å². The van der Waals surface area contributed by atoms with Crippen LogP contribution in [0, 0.1) is 28.7 Å². The first-order valence-corrected chi connectivity index (χ1v) is 8.68. The van der Waals surface area contributed by atoms with Crippen molar-refractivity contribution in [2.24, 2.45) is 10.4 Å². The third-order valence-corrected chi connectivity index (χ3v) is 4.99. The third-order valence-electron chi connectivity index (χ3n) is 4.99. The fraction of sp³-hybridized carbons (Fsp3) is 0.611. The molecule has 0 aromatic heterocycles. The molecule has 0 bridgehead atoms. The lowest BCUT2D eigenvalue weighted by molar-refractivity contribution is 0.138. The number of aliphatic imine (C=N–C) groups is 1. The van der Waals surface area contributed by atoms with Crippen LogP contribution in [0.25, 0.3) is 0 Å². The van der Waals surface area contributed by atoms with Crippen molar-refractivity contribution in [2.75, 3.05) is 27.3 Å². The minimum absolute atomic E-state index is 0.0924. The van der Waals surface area contributed by atoms with E-state index in [0.717, 1.165) is 32.1 Å². The number of hydrogen-bond acceptors (Lipinski definition) is 2. The Morgan fingerprint density at radius 1 is 1.12 bits per heavy atom. The molecule has 0 amide bonds. The molecule has 0 saturated heterocycles. The molecule has 1 aromatic rings. The Morgan fingerprint density at radius 2 is 1.73 bits per heavy atom. The van der Waals surface area contributed by atoms with Crippen molar-refractivity contribution in [3.63, 3.8) is 0 Å². The molecule has 4 nitrogen and oxygen atoms in total. The third kappa shape index (κ3) is 4.87. The average Bonchev–Trinajstić information content (AvgIpc) is 3.10. The molecule has 1 aliphatic carbocycles. The average molecular weight is 375 g/mol. The number of hydrogen-bond donors (Lipinski definition) is 2. The van der Waals surface area contributed by atoms with Crippen LogP contribution in [0.4, 0.5) is 17.6 Å². The molecule has 1 saturated carbocycles. The molecular weight excluding hydrogens is 350 g/mol. The monoisotopic (exact) mass is 375 g/mol. The molecular formula is C18H25F4N3O. The van der Waals surface area contributed by atoms with Crippen LogP contribution in [0.5, 0.6) is 0 Å². The molecule has 1 fully saturated rings. The Kier molecular flexibility index (Phi) is 7.25. The molecule has 8 heteroatoms. The number of halogens is 4. The first kappa shape index (κ1) is 20.5. The first-order chi connectivity index (χ1) is 12.4. The minimum Gasteiger partial charge on any atom is -0.385 e. The number of nitrogens with one attached hydrogen (secondary N) is 2. The standard InChI is InChI=1S/C18H25F4N3O/c1-23-17(25-11-18(7-8-26-2)5-3-4-6-18)24-10-12-15(21)13(19)9-14(20)16(12)22/h9H,3-8,10-11H2,1-2H3,(H2,23,24,25). The molecule has 0 atom stereocenters. The van der Waals surface area contributed by atoms with Crippen LogP contribution in [0.3, 0.4) is 0 Å². The summed E-state index contributed by atoms with van der Waals surface area (Å²) in [6.07, 6.45) is 5.34. The van der Waals surface area contributed by atoms with Crippen LogP contribution in [-0.4, -0.2) is 33.3 Å². The maximum atomic E-state index is 13.7. The second kappa shape index (κ2) is 9.21. The predicted octanol–water partition coefficient (Wildman–Crippen LogP) is 3.50. The second-order valence-corrected chi connectivity index (χ2v) is 6.68. The van der Waals surface area contributed by atoms with Crippen LogP contribution in [-0.2, 0) is 11.3 Å². The van der Waals surface area contributed by atoms with E-state index < -0.39 is 35.4 Å². The van der Waals surface area contributed by atoms with E-state index >= 15 is 0 Å². The highest BCUT2D eigenvalue weighted by Gasteiger charge is 2.33. The number of nitrogens with zero attached hydrogens (tertiary/aromatic N) is 1. The quantitative estimate of drug-likeness (QED) is 0.332. The van der Waals surface area contributed by atoms with Crippen molar-refractivity contribution >= 4 is 5.96 Å². The highest BCUT2D eigenvalue weighted by Crippen LogP contribution is 2.40. The minimum atomic E-state index is -1.42. The Balaban J connectivity index is 1.98. The van der Waals surface area contributed by atoms with Gasteiger partial charge in [-0.1, -0.05) is 12.8 Å². The van der Waals surface area contributed by atoms with Gasteiger partial charge < -0.3 is 15.4 Å². The van der Waals surface area contributed by atoms with Crippen molar-refractivity contribution in [1.82, 2.24) is 10.6 Å². The lowest BCUT2D eigenvalue weighted by Crippen LogP contribution is -2.43. The smallest absolute Gasteiger partial charge is 0.191 e. The van der Waals surface area contributed by atoms with E-state index in [2.05, 4.69) is 15.6 Å². The highest BCUT2D eigenvalue weighted by molar-refractivity contribution is 5.79. The zero-order valence-corrected chi connectivity index (χ0v) is 15.1. The van der Waals surface area contributed by atoms with E-state index in [9.17, 15) is 17.6 Å². The van der Waals surface area contributed by atoms with Crippen LogP contribution >= 0.6 is 0 Å². The van der Waals surface area contributed by atoms with Gasteiger partial charge in [0, 0.05) is 45.5 Å². The van der Waals surface area contributed by atoms with Crippen molar-refractivity contribution in [1.29, 1.82) is 0 Å². The highest BCUT2D eigenvalue weighted by atomic mass is 19.2. The zero-order valence-electron chi connectivity index (χ0n) is 15.1. The number of benzene rings is 1. The summed E-state index contributed by atoms with van der Waals surface area (Å²) in [7, 11) is 3.18. The van der Waals surface area contributed by atoms with Gasteiger partial charge in [0.1, 0.15) is 0 Å². The van der Waals surface area contributed by atoms with E-state index in [1.54, 1.807) is 7.11 Å². The molecule has 2 N–H and O–H groups in total. The van der Waals surface area contributed by atoms with E-state index in [0.29, 0.717) is 19.1 Å². The molecule has 146 valence electrons. The van der Waals surface area contributed by atoms with Crippen molar-refractivity contribution < 1.29 is 22.3 Å². The van der Waals surface area contributed by atoms with E-state index in [1.807, 2.05) is 0 Å². The number of rotatable bonds is 7. The molecule has 1 aromatic carbocycles. The zero-order chi connectivity index (χ0) is 19.2. The SMILES string of the molecule is CN=C(NCc1c(F)c(F)cc(F)c1F)NCC1(CCOC)CCCC1. The van der Waals surface area contributed by atoms with Crippen LogP contribution < -0.4 is 10.6 Å². The number of guanidine groups is 1. The normalized spacial score (nSPS) is 16.8. The lowest BCUT2D eigenvalue weighted by atomic mass is 9.83. The van der Waals surface area contributed by atoms with Gasteiger partial charge in [0.05, 0.1) is 0 Å². The Labute approximate surface area is 151 Å². The molecule has 0 radical (unpaired) electrons. The fourth-order valence-electron chi connectivity index (χ4n) is 3.40. The molecule has 0 unspecified atom stereocenters. The fourth-order valence-corrected chi connectivity index (χ4v) is 3.40. The van der Waals surface area contributed by atoms with Gasteiger partial charge in [-0.25, -0.2) is 17.6 Å². The van der Waals surface area contributed by atoms with Crippen LogP contribution in [0.2, 0.25) is 0 Å². The summed E-state index contributed by atoms with van der Waals surface area (Å²) in [4.78, 5) is 4.01. The van der Waals surface area contributed by atoms with Crippen LogP contribution in [0.1, 0.15) is 37.7 Å². The molecule has 1 aliphatic rings. The van der Waals surface area contributed by atoms with Gasteiger partial charge in [-0.2, -0.15) is 0 Å². The van der Waals surface area contributed by atoms with Crippen molar-refractivity contribution in [2.45, 2.75) is 38.6 Å². The summed E-state index contributed by atoms with van der Waals surface area (Å²) in [5.41, 5.74) is -0.602. The first-order valence-electron chi connectivity index (χ1n) is 8.68. The summed E-state index contributed by atoms with van der Waals surface area (Å²) >= 11 is 0. The summed E-state index contributed by atoms with van der Waals surface area (Å²) in [6.45, 7) is 0.877. The number of methoxy groups -OCH3 is 1. The van der Waals surface area contributed by atoms with E-state index in [4.69, 9.17) is 4.74 Å². The Morgan fingerprint density at radius 3 is 2.27 bits per heavy atom. The van der Waals surface area contributed by atoms with Gasteiger partial charge in [-0.05, 0) is 24.7 Å². The maximum Gasteiger partial charge on any atom is 0.191 e. The van der Waals surface area contributed by atoms with Gasteiger partial charge in [-0.3, -0.25) is 4.99 Å². The van der Waals surface area contributed by atoms with Crippen LogP contribution in [0.15, 0.2) is 11.1 Å². The number of ether oxygens (including phenoxy) is 1. The molecule has 0 aliphatic heterocycles. The maximum absolute atomic E-state index is 13.7. The van der Waals surface area contributed by atoms with Crippen molar-refractivity contribution in [3.8, 4) is 0 Å².